The maximum atomic E-state index is 10.6. The van der Waals surface area contributed by atoms with Crippen molar-refractivity contribution in [2.24, 2.45) is 11.1 Å². The van der Waals surface area contributed by atoms with Crippen LogP contribution in [0.5, 0.6) is 0 Å². The Labute approximate surface area is 145 Å². The van der Waals surface area contributed by atoms with Crippen molar-refractivity contribution in [3.05, 3.63) is 29.6 Å². The van der Waals surface area contributed by atoms with Gasteiger partial charge in [-0.1, -0.05) is 26.8 Å². The topological polar surface area (TPSA) is 77.2 Å². The normalized spacial score (nSPS) is 18.7. The highest BCUT2D eigenvalue weighted by atomic mass is 16.5. The maximum absolute atomic E-state index is 10.6. The van der Waals surface area contributed by atoms with E-state index in [4.69, 9.17) is 10.5 Å². The zero-order valence-corrected chi connectivity index (χ0v) is 15.2. The van der Waals surface area contributed by atoms with Crippen molar-refractivity contribution in [1.82, 2.24) is 10.3 Å². The van der Waals surface area contributed by atoms with E-state index in [1.165, 1.54) is 17.7 Å². The number of fused-ring (bicyclic) bond motifs is 1. The second-order valence-electron chi connectivity index (χ2n) is 7.74. The van der Waals surface area contributed by atoms with E-state index in [-0.39, 0.29) is 5.41 Å². The van der Waals surface area contributed by atoms with Gasteiger partial charge < -0.3 is 15.8 Å². The monoisotopic (exact) mass is 333 g/mol. The van der Waals surface area contributed by atoms with Gasteiger partial charge in [-0.2, -0.15) is 0 Å². The molecule has 0 saturated carbocycles. The molecule has 24 heavy (non-hydrogen) atoms. The molecular weight excluding hydrogens is 302 g/mol. The summed E-state index contributed by atoms with van der Waals surface area (Å²) in [6.45, 7) is 7.21. The highest BCUT2D eigenvalue weighted by Crippen LogP contribution is 2.32. The number of nitrogens with two attached hydrogens (primary N) is 1. The highest BCUT2D eigenvalue weighted by Gasteiger charge is 2.29. The van der Waals surface area contributed by atoms with Gasteiger partial charge in [-0.05, 0) is 55.6 Å². The predicted molar refractivity (Wildman–Crippen MR) is 95.7 cm³/mol. The largest absolute Gasteiger partial charge is 0.450 e. The number of primary amides is 1. The van der Waals surface area contributed by atoms with Crippen molar-refractivity contribution >= 4 is 6.09 Å². The number of hydrogen-bond acceptors (Lipinski definition) is 4. The molecule has 1 aliphatic rings. The van der Waals surface area contributed by atoms with Crippen molar-refractivity contribution in [2.75, 3.05) is 6.61 Å². The van der Waals surface area contributed by atoms with Crippen LogP contribution in [0.1, 0.15) is 70.2 Å². The molecule has 0 spiro atoms. The third kappa shape index (κ3) is 5.48. The first-order chi connectivity index (χ1) is 11.4. The quantitative estimate of drug-likeness (QED) is 0.745. The van der Waals surface area contributed by atoms with Gasteiger partial charge in [-0.15, -0.1) is 0 Å². The summed E-state index contributed by atoms with van der Waals surface area (Å²) >= 11 is 0. The van der Waals surface area contributed by atoms with Crippen LogP contribution < -0.4 is 11.1 Å². The number of unbranched alkanes of at least 4 members (excludes halogenated alkanes) is 1. The van der Waals surface area contributed by atoms with E-state index in [1.54, 1.807) is 0 Å². The van der Waals surface area contributed by atoms with Crippen LogP contribution in [0, 0.1) is 5.41 Å². The lowest BCUT2D eigenvalue weighted by Crippen LogP contribution is -2.43. The number of aryl methyl sites for hydroxylation is 1. The first-order valence-corrected chi connectivity index (χ1v) is 9.00. The van der Waals surface area contributed by atoms with Gasteiger partial charge in [0.05, 0.1) is 12.3 Å². The fourth-order valence-corrected chi connectivity index (χ4v) is 3.40. The Kier molecular flexibility index (Phi) is 6.60. The van der Waals surface area contributed by atoms with Gasteiger partial charge in [0.1, 0.15) is 0 Å². The van der Waals surface area contributed by atoms with E-state index in [9.17, 15) is 4.79 Å². The second kappa shape index (κ2) is 8.47. The molecule has 1 aliphatic carbocycles. The van der Waals surface area contributed by atoms with Crippen molar-refractivity contribution in [3.8, 4) is 0 Å². The van der Waals surface area contributed by atoms with Crippen molar-refractivity contribution in [2.45, 2.75) is 71.4 Å². The van der Waals surface area contributed by atoms with Crippen LogP contribution in [0.15, 0.2) is 18.3 Å². The van der Waals surface area contributed by atoms with Gasteiger partial charge in [0.15, 0.2) is 0 Å². The van der Waals surface area contributed by atoms with Crippen LogP contribution in [0.25, 0.3) is 0 Å². The number of carbonyl (C=O) groups is 1. The molecule has 0 radical (unpaired) electrons. The zero-order chi connectivity index (χ0) is 17.6. The smallest absolute Gasteiger partial charge is 0.404 e. The number of rotatable bonds is 7. The van der Waals surface area contributed by atoms with Gasteiger partial charge in [-0.3, -0.25) is 4.98 Å². The lowest BCUT2D eigenvalue weighted by molar-refractivity contribution is 0.151. The van der Waals surface area contributed by atoms with Gasteiger partial charge in [0.2, 0.25) is 0 Å². The molecule has 2 rings (SSSR count). The molecule has 0 bridgehead atoms. The van der Waals surface area contributed by atoms with E-state index >= 15 is 0 Å². The zero-order valence-electron chi connectivity index (χ0n) is 15.2. The summed E-state index contributed by atoms with van der Waals surface area (Å²) in [6.07, 6.45) is 7.58. The Morgan fingerprint density at radius 2 is 2.25 bits per heavy atom. The van der Waals surface area contributed by atoms with Crippen LogP contribution in [0.4, 0.5) is 4.79 Å². The van der Waals surface area contributed by atoms with Gasteiger partial charge in [0, 0.05) is 18.3 Å². The minimum atomic E-state index is -0.689. The number of aromatic nitrogens is 1. The SMILES string of the molecule is CC(C)(C)C(CCCCOC(N)=O)NC1CCCc2cccnc21. The van der Waals surface area contributed by atoms with E-state index in [1.807, 2.05) is 12.3 Å². The summed E-state index contributed by atoms with van der Waals surface area (Å²) in [4.78, 5) is 15.2. The Hall–Kier alpha value is -1.62. The molecule has 0 saturated heterocycles. The molecule has 1 heterocycles. The summed E-state index contributed by atoms with van der Waals surface area (Å²) in [5.41, 5.74) is 7.75. The lowest BCUT2D eigenvalue weighted by Gasteiger charge is -2.37. The first kappa shape index (κ1) is 18.7. The highest BCUT2D eigenvalue weighted by molar-refractivity contribution is 5.64. The maximum Gasteiger partial charge on any atom is 0.404 e. The van der Waals surface area contributed by atoms with E-state index < -0.39 is 6.09 Å². The van der Waals surface area contributed by atoms with E-state index in [2.05, 4.69) is 37.1 Å². The number of amides is 1. The Balaban J connectivity index is 1.94. The van der Waals surface area contributed by atoms with Crippen LogP contribution in [0.2, 0.25) is 0 Å². The summed E-state index contributed by atoms with van der Waals surface area (Å²) in [5.74, 6) is 0. The molecule has 0 aromatic carbocycles. The predicted octanol–water partition coefficient (Wildman–Crippen LogP) is 3.73. The number of hydrogen-bond donors (Lipinski definition) is 2. The molecule has 134 valence electrons. The number of pyridine rings is 1. The van der Waals surface area contributed by atoms with Crippen molar-refractivity contribution < 1.29 is 9.53 Å². The fraction of sp³-hybridized carbons (Fsp3) is 0.684. The van der Waals surface area contributed by atoms with E-state index in [0.29, 0.717) is 18.7 Å². The molecule has 5 heteroatoms. The van der Waals surface area contributed by atoms with Gasteiger partial charge in [0.25, 0.3) is 0 Å². The Bertz CT molecular complexity index is 540. The molecule has 2 unspecified atom stereocenters. The van der Waals surface area contributed by atoms with Crippen molar-refractivity contribution in [3.63, 3.8) is 0 Å². The molecule has 5 nitrogen and oxygen atoms in total. The molecule has 3 N–H and O–H groups in total. The summed E-state index contributed by atoms with van der Waals surface area (Å²) in [5, 5.41) is 3.86. The molecule has 0 fully saturated rings. The minimum absolute atomic E-state index is 0.164. The number of carbonyl (C=O) groups excluding carboxylic acids is 1. The molecular formula is C19H31N3O2. The van der Waals surface area contributed by atoms with Crippen LogP contribution >= 0.6 is 0 Å². The van der Waals surface area contributed by atoms with Gasteiger partial charge >= 0.3 is 6.09 Å². The number of nitrogens with zero attached hydrogens (tertiary/aromatic N) is 1. The average Bonchev–Trinajstić information content (AvgIpc) is 2.52. The molecule has 2 atom stereocenters. The third-order valence-electron chi connectivity index (χ3n) is 4.77. The summed E-state index contributed by atoms with van der Waals surface area (Å²) in [7, 11) is 0. The summed E-state index contributed by atoms with van der Waals surface area (Å²) in [6, 6.07) is 4.95. The summed E-state index contributed by atoms with van der Waals surface area (Å²) < 4.78 is 4.81. The molecule has 0 aliphatic heterocycles. The second-order valence-corrected chi connectivity index (χ2v) is 7.74. The fourth-order valence-electron chi connectivity index (χ4n) is 3.40. The van der Waals surface area contributed by atoms with Crippen LogP contribution in [-0.4, -0.2) is 23.7 Å². The Morgan fingerprint density at radius 1 is 1.46 bits per heavy atom. The van der Waals surface area contributed by atoms with Crippen LogP contribution in [0.3, 0.4) is 0 Å². The molecule has 1 aromatic rings. The average molecular weight is 333 g/mol. The van der Waals surface area contributed by atoms with Crippen molar-refractivity contribution in [1.29, 1.82) is 0 Å². The lowest BCUT2D eigenvalue weighted by atomic mass is 9.82. The number of nitrogens with one attached hydrogen (secondary N) is 1. The standard InChI is InChI=1S/C19H31N3O2/c1-19(2,3)16(11-4-5-13-24-18(20)23)22-15-10-6-8-14-9-7-12-21-17(14)15/h7,9,12,15-16,22H,4-6,8,10-11,13H2,1-3H3,(H2,20,23). The molecule has 1 aromatic heterocycles. The van der Waals surface area contributed by atoms with Crippen LogP contribution in [-0.2, 0) is 11.2 Å². The number of ether oxygens (including phenoxy) is 1. The van der Waals surface area contributed by atoms with E-state index in [0.717, 1.165) is 32.1 Å². The first-order valence-electron chi connectivity index (χ1n) is 9.00. The minimum Gasteiger partial charge on any atom is -0.450 e. The molecule has 1 amide bonds. The Morgan fingerprint density at radius 3 is 2.96 bits per heavy atom. The van der Waals surface area contributed by atoms with Gasteiger partial charge in [-0.25, -0.2) is 4.79 Å². The third-order valence-corrected chi connectivity index (χ3v) is 4.77.